The average molecular weight is 284 g/mol. The molecule has 0 radical (unpaired) electrons. The maximum Gasteiger partial charge on any atom is 0.360 e. The molecule has 106 valence electrons. The number of benzene rings is 1. The number of aromatic nitrogens is 4. The highest BCUT2D eigenvalue weighted by Crippen LogP contribution is 2.15. The van der Waals surface area contributed by atoms with Crippen molar-refractivity contribution in [1.29, 1.82) is 0 Å². The predicted molar refractivity (Wildman–Crippen MR) is 72.4 cm³/mol. The molecule has 0 spiro atoms. The highest BCUT2D eigenvalue weighted by atomic mass is 16.5. The normalized spacial score (nSPS) is 10.5. The van der Waals surface area contributed by atoms with Crippen molar-refractivity contribution < 1.29 is 13.9 Å². The largest absolute Gasteiger partial charge is 0.464 e. The van der Waals surface area contributed by atoms with Crippen molar-refractivity contribution in [3.63, 3.8) is 0 Å². The first kappa shape index (κ1) is 13.0. The minimum Gasteiger partial charge on any atom is -0.464 e. The lowest BCUT2D eigenvalue weighted by molar-refractivity contribution is 0.0594. The summed E-state index contributed by atoms with van der Waals surface area (Å²) in [6.45, 7) is 0.289. The minimum atomic E-state index is -0.534. The van der Waals surface area contributed by atoms with Gasteiger partial charge in [0.1, 0.15) is 18.5 Å². The van der Waals surface area contributed by atoms with Crippen LogP contribution in [0.3, 0.4) is 0 Å². The summed E-state index contributed by atoms with van der Waals surface area (Å²) in [6.07, 6.45) is 3.05. The number of ether oxygens (including phenoxy) is 1. The van der Waals surface area contributed by atoms with Gasteiger partial charge >= 0.3 is 5.97 Å². The molecule has 2 heterocycles. The van der Waals surface area contributed by atoms with Crippen LogP contribution in [0.5, 0.6) is 0 Å². The van der Waals surface area contributed by atoms with E-state index in [1.165, 1.54) is 13.4 Å². The lowest BCUT2D eigenvalue weighted by Gasteiger charge is -1.94. The standard InChI is InChI=1S/C14H12N4O3/c1-20-14(19)12-9-21-13(15-12)8-18-7-11(16-17-18)10-5-3-2-4-6-10/h2-7,9H,8H2,1H3. The van der Waals surface area contributed by atoms with Crippen molar-refractivity contribution >= 4 is 5.97 Å². The van der Waals surface area contributed by atoms with Crippen LogP contribution in [0.15, 0.2) is 47.2 Å². The van der Waals surface area contributed by atoms with Crippen molar-refractivity contribution in [3.05, 3.63) is 54.4 Å². The van der Waals surface area contributed by atoms with Crippen molar-refractivity contribution in [1.82, 2.24) is 20.0 Å². The van der Waals surface area contributed by atoms with Crippen LogP contribution in [0.2, 0.25) is 0 Å². The summed E-state index contributed by atoms with van der Waals surface area (Å²) in [4.78, 5) is 15.3. The summed E-state index contributed by atoms with van der Waals surface area (Å²) in [7, 11) is 1.29. The van der Waals surface area contributed by atoms with Crippen LogP contribution in [0.25, 0.3) is 11.3 Å². The van der Waals surface area contributed by atoms with Crippen LogP contribution in [0, 0.1) is 0 Å². The Hall–Kier alpha value is -2.96. The van der Waals surface area contributed by atoms with Gasteiger partial charge in [-0.1, -0.05) is 35.5 Å². The zero-order valence-electron chi connectivity index (χ0n) is 11.3. The van der Waals surface area contributed by atoms with Crippen LogP contribution in [-0.2, 0) is 11.3 Å². The van der Waals surface area contributed by atoms with Gasteiger partial charge in [-0.25, -0.2) is 14.5 Å². The Kier molecular flexibility index (Phi) is 3.46. The second-order valence-electron chi connectivity index (χ2n) is 4.29. The molecule has 3 rings (SSSR count). The molecule has 7 heteroatoms. The summed E-state index contributed by atoms with van der Waals surface area (Å²) in [6, 6.07) is 9.72. The van der Waals surface area contributed by atoms with Gasteiger partial charge in [0.2, 0.25) is 5.89 Å². The quantitative estimate of drug-likeness (QED) is 0.679. The summed E-state index contributed by atoms with van der Waals surface area (Å²) in [5, 5.41) is 8.11. The Morgan fingerprint density at radius 3 is 2.90 bits per heavy atom. The Morgan fingerprint density at radius 2 is 2.14 bits per heavy atom. The van der Waals surface area contributed by atoms with Crippen LogP contribution in [0.4, 0.5) is 0 Å². The van der Waals surface area contributed by atoms with E-state index in [0.717, 1.165) is 11.3 Å². The summed E-state index contributed by atoms with van der Waals surface area (Å²) < 4.78 is 11.4. The van der Waals surface area contributed by atoms with E-state index < -0.39 is 5.97 Å². The Labute approximate surface area is 120 Å². The van der Waals surface area contributed by atoms with E-state index in [1.54, 1.807) is 10.9 Å². The molecule has 0 unspecified atom stereocenters. The van der Waals surface area contributed by atoms with Crippen molar-refractivity contribution in [2.45, 2.75) is 6.54 Å². The third kappa shape index (κ3) is 2.81. The highest BCUT2D eigenvalue weighted by Gasteiger charge is 2.13. The third-order valence-corrected chi connectivity index (χ3v) is 2.85. The SMILES string of the molecule is COC(=O)c1coc(Cn2cc(-c3ccccc3)nn2)n1. The lowest BCUT2D eigenvalue weighted by atomic mass is 10.2. The number of hydrogen-bond acceptors (Lipinski definition) is 6. The first-order valence-electron chi connectivity index (χ1n) is 6.24. The third-order valence-electron chi connectivity index (χ3n) is 2.85. The highest BCUT2D eigenvalue weighted by molar-refractivity contribution is 5.86. The van der Waals surface area contributed by atoms with E-state index in [4.69, 9.17) is 4.42 Å². The number of methoxy groups -OCH3 is 1. The van der Waals surface area contributed by atoms with E-state index in [9.17, 15) is 4.79 Å². The molecule has 0 aliphatic rings. The number of rotatable bonds is 4. The Bertz CT molecular complexity index is 748. The monoisotopic (exact) mass is 284 g/mol. The maximum atomic E-state index is 11.3. The molecule has 0 amide bonds. The molecule has 1 aromatic carbocycles. The molecule has 0 aliphatic carbocycles. The summed E-state index contributed by atoms with van der Waals surface area (Å²) in [5.41, 5.74) is 1.87. The fourth-order valence-electron chi connectivity index (χ4n) is 1.84. The first-order chi connectivity index (χ1) is 10.3. The van der Waals surface area contributed by atoms with Gasteiger partial charge in [0.25, 0.3) is 0 Å². The zero-order valence-corrected chi connectivity index (χ0v) is 11.3. The van der Waals surface area contributed by atoms with Crippen molar-refractivity contribution in [3.8, 4) is 11.3 Å². The van der Waals surface area contributed by atoms with E-state index in [0.29, 0.717) is 5.89 Å². The number of oxazole rings is 1. The molecule has 0 aliphatic heterocycles. The van der Waals surface area contributed by atoms with Crippen LogP contribution in [-0.4, -0.2) is 33.1 Å². The summed E-state index contributed by atoms with van der Waals surface area (Å²) in [5.74, 6) is -0.173. The van der Waals surface area contributed by atoms with Gasteiger partial charge in [-0.2, -0.15) is 0 Å². The van der Waals surface area contributed by atoms with Crippen LogP contribution in [0.1, 0.15) is 16.4 Å². The van der Waals surface area contributed by atoms with Crippen molar-refractivity contribution in [2.24, 2.45) is 0 Å². The van der Waals surface area contributed by atoms with E-state index >= 15 is 0 Å². The minimum absolute atomic E-state index is 0.135. The maximum absolute atomic E-state index is 11.3. The number of carbonyl (C=O) groups is 1. The second kappa shape index (κ2) is 5.58. The fraction of sp³-hybridized carbons (Fsp3) is 0.143. The van der Waals surface area contributed by atoms with Crippen LogP contribution >= 0.6 is 0 Å². The molecule has 0 atom stereocenters. The van der Waals surface area contributed by atoms with Crippen LogP contribution < -0.4 is 0 Å². The number of nitrogens with zero attached hydrogens (tertiary/aromatic N) is 4. The lowest BCUT2D eigenvalue weighted by Crippen LogP contribution is -2.04. The number of hydrogen-bond donors (Lipinski definition) is 0. The molecule has 2 aromatic heterocycles. The van der Waals surface area contributed by atoms with E-state index in [-0.39, 0.29) is 12.2 Å². The molecule has 0 bridgehead atoms. The summed E-state index contributed by atoms with van der Waals surface area (Å²) >= 11 is 0. The molecular weight excluding hydrogens is 272 g/mol. The zero-order chi connectivity index (χ0) is 14.7. The molecule has 0 saturated heterocycles. The van der Waals surface area contributed by atoms with Crippen molar-refractivity contribution in [2.75, 3.05) is 7.11 Å². The van der Waals surface area contributed by atoms with E-state index in [2.05, 4.69) is 20.0 Å². The molecule has 0 saturated carbocycles. The van der Waals surface area contributed by atoms with Gasteiger partial charge in [0, 0.05) is 5.56 Å². The molecule has 0 fully saturated rings. The molecule has 3 aromatic rings. The van der Waals surface area contributed by atoms with Gasteiger partial charge in [-0.05, 0) is 0 Å². The first-order valence-corrected chi connectivity index (χ1v) is 6.24. The Balaban J connectivity index is 1.76. The topological polar surface area (TPSA) is 83.0 Å². The van der Waals surface area contributed by atoms with Gasteiger partial charge < -0.3 is 9.15 Å². The van der Waals surface area contributed by atoms with Gasteiger partial charge in [-0.3, -0.25) is 0 Å². The fourth-order valence-corrected chi connectivity index (χ4v) is 1.84. The number of esters is 1. The van der Waals surface area contributed by atoms with E-state index in [1.807, 2.05) is 30.3 Å². The van der Waals surface area contributed by atoms with Gasteiger partial charge in [0.05, 0.1) is 13.3 Å². The average Bonchev–Trinajstić information content (AvgIpc) is 3.17. The Morgan fingerprint density at radius 1 is 1.33 bits per heavy atom. The molecular formula is C14H12N4O3. The smallest absolute Gasteiger partial charge is 0.360 e. The molecule has 0 N–H and O–H groups in total. The second-order valence-corrected chi connectivity index (χ2v) is 4.29. The van der Waals surface area contributed by atoms with Gasteiger partial charge in [-0.15, -0.1) is 5.10 Å². The predicted octanol–water partition coefficient (Wildman–Crippen LogP) is 1.77. The molecule has 7 nitrogen and oxygen atoms in total. The van der Waals surface area contributed by atoms with Gasteiger partial charge in [0.15, 0.2) is 5.69 Å². The molecule has 21 heavy (non-hydrogen) atoms. The number of carbonyl (C=O) groups excluding carboxylic acids is 1.